The number of anilines is 3. The molecule has 3 aromatic rings. The van der Waals surface area contributed by atoms with E-state index in [1.807, 2.05) is 12.3 Å². The molecule has 0 aliphatic carbocycles. The molecule has 3 heterocycles. The van der Waals surface area contributed by atoms with Crippen LogP contribution in [0.1, 0.15) is 25.0 Å². The molecule has 104 valence electrons. The summed E-state index contributed by atoms with van der Waals surface area (Å²) in [6.07, 6.45) is 1.89. The first-order chi connectivity index (χ1) is 10.2. The summed E-state index contributed by atoms with van der Waals surface area (Å²) in [6.45, 7) is 4.58. The molecule has 1 aliphatic rings. The normalized spacial score (nSPS) is 15.4. The number of pyridine rings is 1. The molecule has 1 aliphatic heterocycles. The topological polar surface area (TPSA) is 16.1 Å². The van der Waals surface area contributed by atoms with Crippen molar-refractivity contribution in [2.75, 3.05) is 4.90 Å². The summed E-state index contributed by atoms with van der Waals surface area (Å²) in [7, 11) is 0. The van der Waals surface area contributed by atoms with Crippen molar-refractivity contribution in [2.45, 2.75) is 19.3 Å². The molecule has 1 aromatic carbocycles. The summed E-state index contributed by atoms with van der Waals surface area (Å²) in [5.41, 5.74) is 3.92. The Bertz CT molecular complexity index is 741. The molecule has 0 saturated heterocycles. The molecule has 0 bridgehead atoms. The Morgan fingerprint density at radius 3 is 2.57 bits per heavy atom. The van der Waals surface area contributed by atoms with E-state index in [1.165, 1.54) is 21.4 Å². The summed E-state index contributed by atoms with van der Waals surface area (Å²) < 4.78 is 1.35. The second-order valence-electron chi connectivity index (χ2n) is 5.80. The van der Waals surface area contributed by atoms with E-state index in [0.717, 1.165) is 5.82 Å². The molecule has 3 heteroatoms. The first-order valence-electron chi connectivity index (χ1n) is 7.08. The zero-order valence-corrected chi connectivity index (χ0v) is 13.8. The van der Waals surface area contributed by atoms with E-state index in [9.17, 15) is 0 Å². The minimum absolute atomic E-state index is 0.0176. The first-order valence-corrected chi connectivity index (χ1v) is 8.93. The van der Waals surface area contributed by atoms with E-state index in [-0.39, 0.29) is 5.41 Å². The van der Waals surface area contributed by atoms with Crippen LogP contribution in [0, 0.1) is 0 Å². The monoisotopic (exact) mass is 340 g/mol. The van der Waals surface area contributed by atoms with Crippen molar-refractivity contribution in [1.82, 2.24) is 4.98 Å². The molecule has 21 heavy (non-hydrogen) atoms. The second kappa shape index (κ2) is 4.59. The molecule has 0 unspecified atom stereocenters. The van der Waals surface area contributed by atoms with Crippen LogP contribution in [0.25, 0.3) is 0 Å². The molecule has 0 atom stereocenters. The maximum absolute atomic E-state index is 4.71. The first kappa shape index (κ1) is 12.9. The zero-order valence-electron chi connectivity index (χ0n) is 12.1. The molecule has 0 saturated carbocycles. The van der Waals surface area contributed by atoms with Gasteiger partial charge in [-0.3, -0.25) is 0 Å². The Morgan fingerprint density at radius 2 is 1.76 bits per heavy atom. The van der Waals surface area contributed by atoms with Gasteiger partial charge in [-0.05, 0) is 0 Å². The van der Waals surface area contributed by atoms with Gasteiger partial charge in [0.25, 0.3) is 0 Å². The molecule has 4 rings (SSSR count). The average Bonchev–Trinajstić information content (AvgIpc) is 3.02. The van der Waals surface area contributed by atoms with Gasteiger partial charge in [-0.2, -0.15) is 0 Å². The van der Waals surface area contributed by atoms with Crippen molar-refractivity contribution < 1.29 is 0 Å². The number of rotatable bonds is 1. The Morgan fingerprint density at radius 1 is 0.952 bits per heavy atom. The van der Waals surface area contributed by atoms with Gasteiger partial charge in [-0.1, -0.05) is 0 Å². The Balaban J connectivity index is 2.06. The predicted octanol–water partition coefficient (Wildman–Crippen LogP) is 4.25. The Kier molecular flexibility index (Phi) is 2.81. The van der Waals surface area contributed by atoms with E-state index >= 15 is 0 Å². The number of benzene rings is 1. The Hall–Kier alpha value is -1.83. The van der Waals surface area contributed by atoms with E-state index in [0.29, 0.717) is 14.5 Å². The van der Waals surface area contributed by atoms with Crippen molar-refractivity contribution in [3.05, 3.63) is 70.8 Å². The summed E-state index contributed by atoms with van der Waals surface area (Å²) in [6, 6.07) is 17.3. The third-order valence-electron chi connectivity index (χ3n) is 4.22. The van der Waals surface area contributed by atoms with Crippen LogP contribution in [-0.4, -0.2) is 19.5 Å². The van der Waals surface area contributed by atoms with Crippen molar-refractivity contribution in [3.63, 3.8) is 0 Å². The summed E-state index contributed by atoms with van der Waals surface area (Å²) in [5.74, 6) is 1.08. The number of fused-ring (bicyclic) bond motifs is 2. The third kappa shape index (κ3) is 1.81. The van der Waals surface area contributed by atoms with Crippen LogP contribution >= 0.6 is 0 Å². The van der Waals surface area contributed by atoms with Gasteiger partial charge in [0.2, 0.25) is 0 Å². The van der Waals surface area contributed by atoms with Crippen molar-refractivity contribution >= 4 is 30.6 Å². The molecule has 0 radical (unpaired) electrons. The molecule has 0 N–H and O–H groups in total. The van der Waals surface area contributed by atoms with Crippen LogP contribution in [0.2, 0.25) is 0 Å². The van der Waals surface area contributed by atoms with Crippen molar-refractivity contribution in [2.24, 2.45) is 0 Å². The summed E-state index contributed by atoms with van der Waals surface area (Å²) in [4.78, 5) is 9.31. The van der Waals surface area contributed by atoms with Gasteiger partial charge in [0, 0.05) is 0 Å². The van der Waals surface area contributed by atoms with Crippen LogP contribution < -0.4 is 4.90 Å². The predicted molar refractivity (Wildman–Crippen MR) is 88.0 cm³/mol. The molecule has 2 nitrogen and oxygen atoms in total. The Labute approximate surface area is 130 Å². The summed E-state index contributed by atoms with van der Waals surface area (Å²) >= 11 is 0.378. The van der Waals surface area contributed by atoms with E-state index in [1.54, 1.807) is 0 Å². The summed E-state index contributed by atoms with van der Waals surface area (Å²) in [5, 5.41) is 0. The van der Waals surface area contributed by atoms with Crippen molar-refractivity contribution in [1.29, 1.82) is 0 Å². The van der Waals surface area contributed by atoms with Crippen LogP contribution in [-0.2, 0) is 5.41 Å². The van der Waals surface area contributed by atoms with Gasteiger partial charge in [0.15, 0.2) is 0 Å². The standard InChI is InChI=1S/C18H16N2Se/c1-18(2)13-7-3-4-9-15(13)20(16-10-6-12-21-16)17-14(18)8-5-11-19-17/h3-12H,1-2H3. The fourth-order valence-corrected chi connectivity index (χ4v) is 4.70. The van der Waals surface area contributed by atoms with Crippen molar-refractivity contribution in [3.8, 4) is 0 Å². The fourth-order valence-electron chi connectivity index (χ4n) is 3.14. The number of para-hydroxylation sites is 1. The molecule has 0 fully saturated rings. The molecular weight excluding hydrogens is 323 g/mol. The van der Waals surface area contributed by atoms with Gasteiger partial charge in [-0.15, -0.1) is 0 Å². The van der Waals surface area contributed by atoms with E-state index in [4.69, 9.17) is 4.98 Å². The average molecular weight is 339 g/mol. The quantitative estimate of drug-likeness (QED) is 0.616. The minimum atomic E-state index is -0.0176. The van der Waals surface area contributed by atoms with Gasteiger partial charge < -0.3 is 0 Å². The van der Waals surface area contributed by atoms with Crippen LogP contribution in [0.15, 0.2) is 59.7 Å². The number of nitrogens with zero attached hydrogens (tertiary/aromatic N) is 2. The van der Waals surface area contributed by atoms with Crippen LogP contribution in [0.5, 0.6) is 0 Å². The van der Waals surface area contributed by atoms with Gasteiger partial charge in [0.1, 0.15) is 0 Å². The fraction of sp³-hybridized carbons (Fsp3) is 0.167. The molecule has 0 amide bonds. The number of hydrogen-bond acceptors (Lipinski definition) is 2. The molecule has 2 aromatic heterocycles. The zero-order chi connectivity index (χ0) is 14.4. The van der Waals surface area contributed by atoms with Gasteiger partial charge in [-0.25, -0.2) is 0 Å². The van der Waals surface area contributed by atoms with E-state index < -0.39 is 0 Å². The molecular formula is C18H16N2Se. The molecule has 0 spiro atoms. The van der Waals surface area contributed by atoms with Gasteiger partial charge in [0.05, 0.1) is 0 Å². The SMILES string of the molecule is CC1(C)c2ccccc2N(c2ccc[se]2)c2ncccc21. The maximum atomic E-state index is 4.71. The van der Waals surface area contributed by atoms with Crippen LogP contribution in [0.4, 0.5) is 16.1 Å². The van der Waals surface area contributed by atoms with E-state index in [2.05, 4.69) is 66.2 Å². The number of hydrogen-bond donors (Lipinski definition) is 0. The van der Waals surface area contributed by atoms with Gasteiger partial charge >= 0.3 is 131 Å². The third-order valence-corrected chi connectivity index (χ3v) is 6.01. The second-order valence-corrected chi connectivity index (χ2v) is 7.75. The van der Waals surface area contributed by atoms with Crippen LogP contribution in [0.3, 0.4) is 0 Å². The number of aromatic nitrogens is 1.